The monoisotopic (exact) mass is 373 g/mol. The average Bonchev–Trinajstić information content (AvgIpc) is 2.57. The van der Waals surface area contributed by atoms with Crippen LogP contribution in [0.2, 0.25) is 15.1 Å². The highest BCUT2D eigenvalue weighted by Gasteiger charge is 2.18. The summed E-state index contributed by atoms with van der Waals surface area (Å²) in [6.45, 7) is -0.0675. The maximum atomic E-state index is 12.0. The van der Waals surface area contributed by atoms with Crippen LogP contribution in [0.3, 0.4) is 0 Å². The molecule has 2 aromatic rings. The number of carbonyl (C=O) groups is 2. The first-order valence-electron chi connectivity index (χ1n) is 6.28. The van der Waals surface area contributed by atoms with E-state index >= 15 is 0 Å². The van der Waals surface area contributed by atoms with Crippen molar-refractivity contribution < 1.29 is 19.1 Å². The van der Waals surface area contributed by atoms with Crippen LogP contribution in [0.1, 0.15) is 26.4 Å². The minimum Gasteiger partial charge on any atom is -0.465 e. The smallest absolute Gasteiger partial charge is 0.358 e. The van der Waals surface area contributed by atoms with Gasteiger partial charge in [0.1, 0.15) is 6.61 Å². The number of esters is 2. The Morgan fingerprint density at radius 2 is 1.87 bits per heavy atom. The maximum absolute atomic E-state index is 12.0. The second kappa shape index (κ2) is 7.64. The molecule has 120 valence electrons. The second-order valence-electron chi connectivity index (χ2n) is 4.35. The van der Waals surface area contributed by atoms with Crippen LogP contribution in [0.4, 0.5) is 0 Å². The van der Waals surface area contributed by atoms with Gasteiger partial charge in [-0.2, -0.15) is 0 Å². The van der Waals surface area contributed by atoms with Gasteiger partial charge in [0, 0.05) is 6.20 Å². The SMILES string of the molecule is COC(=O)c1cccc(COC(=O)c2ncc(Cl)c(Cl)c2Cl)c1. The first-order valence-corrected chi connectivity index (χ1v) is 7.41. The quantitative estimate of drug-likeness (QED) is 0.751. The Bertz CT molecular complexity index is 764. The summed E-state index contributed by atoms with van der Waals surface area (Å²) in [6, 6.07) is 6.50. The van der Waals surface area contributed by atoms with E-state index in [-0.39, 0.29) is 27.4 Å². The molecule has 1 aromatic carbocycles. The summed E-state index contributed by atoms with van der Waals surface area (Å²) < 4.78 is 9.74. The van der Waals surface area contributed by atoms with Crippen molar-refractivity contribution in [2.24, 2.45) is 0 Å². The molecular formula is C15H10Cl3NO4. The summed E-state index contributed by atoms with van der Waals surface area (Å²) >= 11 is 17.5. The molecule has 0 fully saturated rings. The number of methoxy groups -OCH3 is 1. The van der Waals surface area contributed by atoms with Crippen molar-refractivity contribution in [3.8, 4) is 0 Å². The molecule has 1 aromatic heterocycles. The molecule has 0 spiro atoms. The molecule has 23 heavy (non-hydrogen) atoms. The molecule has 0 aliphatic rings. The van der Waals surface area contributed by atoms with Crippen molar-refractivity contribution in [1.82, 2.24) is 4.98 Å². The minimum atomic E-state index is -0.753. The van der Waals surface area contributed by atoms with E-state index in [1.165, 1.54) is 13.3 Å². The number of carbonyl (C=O) groups excluding carboxylic acids is 2. The third kappa shape index (κ3) is 4.13. The second-order valence-corrected chi connectivity index (χ2v) is 5.51. The first-order chi connectivity index (χ1) is 10.9. The zero-order chi connectivity index (χ0) is 17.0. The topological polar surface area (TPSA) is 65.5 Å². The number of halogens is 3. The van der Waals surface area contributed by atoms with Crippen molar-refractivity contribution in [1.29, 1.82) is 0 Å². The van der Waals surface area contributed by atoms with Crippen LogP contribution >= 0.6 is 34.8 Å². The van der Waals surface area contributed by atoms with Crippen LogP contribution in [0, 0.1) is 0 Å². The van der Waals surface area contributed by atoms with Gasteiger partial charge in [0.2, 0.25) is 0 Å². The Kier molecular flexibility index (Phi) is 5.82. The first kappa shape index (κ1) is 17.5. The maximum Gasteiger partial charge on any atom is 0.358 e. The van der Waals surface area contributed by atoms with Crippen molar-refractivity contribution in [2.45, 2.75) is 6.61 Å². The third-order valence-corrected chi connectivity index (χ3v) is 4.07. The summed E-state index contributed by atoms with van der Waals surface area (Å²) in [5.74, 6) is -1.23. The molecule has 0 atom stereocenters. The van der Waals surface area contributed by atoms with Crippen molar-refractivity contribution in [2.75, 3.05) is 7.11 Å². The van der Waals surface area contributed by atoms with Gasteiger partial charge >= 0.3 is 11.9 Å². The fraction of sp³-hybridized carbons (Fsp3) is 0.133. The largest absolute Gasteiger partial charge is 0.465 e. The van der Waals surface area contributed by atoms with Crippen LogP contribution in [0.5, 0.6) is 0 Å². The Hall–Kier alpha value is -1.82. The lowest BCUT2D eigenvalue weighted by atomic mass is 10.1. The van der Waals surface area contributed by atoms with Gasteiger partial charge in [-0.1, -0.05) is 46.9 Å². The predicted octanol–water partition coefficient (Wildman–Crippen LogP) is 4.19. The number of nitrogens with zero attached hydrogens (tertiary/aromatic N) is 1. The van der Waals surface area contributed by atoms with E-state index in [2.05, 4.69) is 9.72 Å². The number of hydrogen-bond donors (Lipinski definition) is 0. The van der Waals surface area contributed by atoms with Crippen molar-refractivity contribution >= 4 is 46.7 Å². The van der Waals surface area contributed by atoms with Crippen LogP contribution in [-0.2, 0) is 16.1 Å². The summed E-state index contributed by atoms with van der Waals surface area (Å²) in [6.07, 6.45) is 1.21. The molecular weight excluding hydrogens is 365 g/mol. The zero-order valence-corrected chi connectivity index (χ0v) is 14.1. The van der Waals surface area contributed by atoms with Gasteiger partial charge in [-0.25, -0.2) is 14.6 Å². The fourth-order valence-corrected chi connectivity index (χ4v) is 2.27. The number of ether oxygens (including phenoxy) is 2. The molecule has 5 nitrogen and oxygen atoms in total. The van der Waals surface area contributed by atoms with Crippen LogP contribution in [-0.4, -0.2) is 24.0 Å². The molecule has 0 saturated carbocycles. The van der Waals surface area contributed by atoms with E-state index in [0.29, 0.717) is 11.1 Å². The van der Waals surface area contributed by atoms with E-state index in [1.807, 2.05) is 0 Å². The summed E-state index contributed by atoms with van der Waals surface area (Å²) in [5.41, 5.74) is 0.828. The highest BCUT2D eigenvalue weighted by molar-refractivity contribution is 6.48. The molecule has 0 amide bonds. The van der Waals surface area contributed by atoms with Gasteiger partial charge in [0.05, 0.1) is 27.7 Å². The lowest BCUT2D eigenvalue weighted by Gasteiger charge is -2.08. The predicted molar refractivity (Wildman–Crippen MR) is 86.2 cm³/mol. The highest BCUT2D eigenvalue weighted by Crippen LogP contribution is 2.31. The highest BCUT2D eigenvalue weighted by atomic mass is 35.5. The van der Waals surface area contributed by atoms with E-state index in [0.717, 1.165) is 0 Å². The van der Waals surface area contributed by atoms with E-state index < -0.39 is 11.9 Å². The number of pyridine rings is 1. The molecule has 0 aliphatic carbocycles. The van der Waals surface area contributed by atoms with Crippen LogP contribution in [0.25, 0.3) is 0 Å². The average molecular weight is 375 g/mol. The Morgan fingerprint density at radius 3 is 2.57 bits per heavy atom. The molecule has 0 aliphatic heterocycles. The van der Waals surface area contributed by atoms with Crippen molar-refractivity contribution in [3.63, 3.8) is 0 Å². The van der Waals surface area contributed by atoms with Crippen LogP contribution in [0.15, 0.2) is 30.5 Å². The van der Waals surface area contributed by atoms with Crippen LogP contribution < -0.4 is 0 Å². The minimum absolute atomic E-state index is 0.0305. The Morgan fingerprint density at radius 1 is 1.13 bits per heavy atom. The molecule has 0 saturated heterocycles. The van der Waals surface area contributed by atoms with Gasteiger partial charge in [-0.15, -0.1) is 0 Å². The van der Waals surface area contributed by atoms with E-state index in [4.69, 9.17) is 39.5 Å². The summed E-state index contributed by atoms with van der Waals surface area (Å²) in [5, 5.41) is 0.0921. The Balaban J connectivity index is 2.11. The summed E-state index contributed by atoms with van der Waals surface area (Å²) in [7, 11) is 1.28. The van der Waals surface area contributed by atoms with Crippen molar-refractivity contribution in [3.05, 3.63) is 62.4 Å². The van der Waals surface area contributed by atoms with Gasteiger partial charge in [0.25, 0.3) is 0 Å². The number of aromatic nitrogens is 1. The standard InChI is InChI=1S/C15H10Cl3NO4/c1-22-14(20)9-4-2-3-8(5-9)7-23-15(21)13-12(18)11(17)10(16)6-19-13/h2-6H,7H2,1H3. The number of benzene rings is 1. The molecule has 0 bridgehead atoms. The van der Waals surface area contributed by atoms with Gasteiger partial charge in [-0.05, 0) is 17.7 Å². The van der Waals surface area contributed by atoms with E-state index in [9.17, 15) is 9.59 Å². The Labute approximate surface area is 147 Å². The van der Waals surface area contributed by atoms with Gasteiger partial charge < -0.3 is 9.47 Å². The molecule has 2 rings (SSSR count). The molecule has 1 heterocycles. The fourth-order valence-electron chi connectivity index (χ4n) is 1.71. The normalized spacial score (nSPS) is 10.3. The molecule has 0 unspecified atom stereocenters. The summed E-state index contributed by atoms with van der Waals surface area (Å²) in [4.78, 5) is 27.3. The molecule has 8 heteroatoms. The van der Waals surface area contributed by atoms with Gasteiger partial charge in [0.15, 0.2) is 5.69 Å². The lowest BCUT2D eigenvalue weighted by molar-refractivity contribution is 0.0466. The molecule has 0 N–H and O–H groups in total. The zero-order valence-electron chi connectivity index (χ0n) is 11.8. The van der Waals surface area contributed by atoms with Gasteiger partial charge in [-0.3, -0.25) is 0 Å². The lowest BCUT2D eigenvalue weighted by Crippen LogP contribution is -2.09. The third-order valence-electron chi connectivity index (χ3n) is 2.83. The number of rotatable bonds is 4. The van der Waals surface area contributed by atoms with E-state index in [1.54, 1.807) is 24.3 Å². The number of hydrogen-bond acceptors (Lipinski definition) is 5. The molecule has 0 radical (unpaired) electrons.